The Hall–Kier alpha value is -2.80. The van der Waals surface area contributed by atoms with E-state index in [1.165, 1.54) is 19.1 Å². The first-order valence-corrected chi connectivity index (χ1v) is 9.63. The van der Waals surface area contributed by atoms with Crippen molar-refractivity contribution in [2.24, 2.45) is 0 Å². The normalized spacial score (nSPS) is 15.0. The summed E-state index contributed by atoms with van der Waals surface area (Å²) in [5, 5.41) is -1.31. The molecule has 134 valence electrons. The van der Waals surface area contributed by atoms with Crippen LogP contribution in [0.5, 0.6) is 0 Å². The number of nitrogens with zero attached hydrogens (tertiary/aromatic N) is 1. The van der Waals surface area contributed by atoms with Crippen LogP contribution >= 0.6 is 0 Å². The predicted molar refractivity (Wildman–Crippen MR) is 94.5 cm³/mol. The highest BCUT2D eigenvalue weighted by atomic mass is 32.2. The highest BCUT2D eigenvalue weighted by Crippen LogP contribution is 2.25. The van der Waals surface area contributed by atoms with Crippen molar-refractivity contribution < 1.29 is 22.8 Å². The molecule has 3 rings (SSSR count). The zero-order valence-electron chi connectivity index (χ0n) is 14.1. The second-order valence-electron chi connectivity index (χ2n) is 6.05. The number of hydrogen-bond acceptors (Lipinski definition) is 5. The molecule has 1 aliphatic rings. The van der Waals surface area contributed by atoms with Gasteiger partial charge in [0, 0.05) is 6.54 Å². The highest BCUT2D eigenvalue weighted by molar-refractivity contribution is 7.92. The van der Waals surface area contributed by atoms with Gasteiger partial charge in [0.25, 0.3) is 11.8 Å². The van der Waals surface area contributed by atoms with Gasteiger partial charge in [-0.25, -0.2) is 8.42 Å². The molecule has 1 atom stereocenters. The van der Waals surface area contributed by atoms with Crippen LogP contribution in [-0.4, -0.2) is 42.7 Å². The molecule has 2 amide bonds. The van der Waals surface area contributed by atoms with E-state index in [9.17, 15) is 22.8 Å². The Morgan fingerprint density at radius 2 is 1.42 bits per heavy atom. The van der Waals surface area contributed by atoms with Crippen molar-refractivity contribution in [2.45, 2.75) is 23.5 Å². The van der Waals surface area contributed by atoms with Crippen molar-refractivity contribution in [3.05, 3.63) is 65.7 Å². The molecule has 0 saturated heterocycles. The van der Waals surface area contributed by atoms with Crippen molar-refractivity contribution in [1.29, 1.82) is 0 Å². The first kappa shape index (κ1) is 18.0. The number of sulfone groups is 1. The van der Waals surface area contributed by atoms with Crippen LogP contribution in [0.1, 0.15) is 34.1 Å². The van der Waals surface area contributed by atoms with Crippen LogP contribution in [0.25, 0.3) is 0 Å². The van der Waals surface area contributed by atoms with Gasteiger partial charge in [-0.15, -0.1) is 0 Å². The van der Waals surface area contributed by atoms with E-state index in [1.807, 2.05) is 0 Å². The molecule has 0 aromatic heterocycles. The summed E-state index contributed by atoms with van der Waals surface area (Å²) in [6, 6.07) is 14.1. The number of fused-ring (bicyclic) bond motifs is 1. The van der Waals surface area contributed by atoms with Crippen molar-refractivity contribution in [1.82, 2.24) is 4.90 Å². The molecule has 2 aromatic rings. The van der Waals surface area contributed by atoms with E-state index in [0.717, 1.165) is 4.90 Å². The lowest BCUT2D eigenvalue weighted by Crippen LogP contribution is -2.37. The number of benzene rings is 2. The van der Waals surface area contributed by atoms with Gasteiger partial charge in [-0.05, 0) is 37.6 Å². The molecule has 0 radical (unpaired) electrons. The smallest absolute Gasteiger partial charge is 0.261 e. The van der Waals surface area contributed by atoms with Gasteiger partial charge in [0.1, 0.15) is 11.0 Å². The number of ketones is 1. The van der Waals surface area contributed by atoms with E-state index >= 15 is 0 Å². The average Bonchev–Trinajstić information content (AvgIpc) is 2.87. The quantitative estimate of drug-likeness (QED) is 0.726. The van der Waals surface area contributed by atoms with E-state index in [2.05, 4.69) is 0 Å². The Balaban J connectivity index is 1.82. The molecule has 7 heteroatoms. The fraction of sp³-hybridized carbons (Fsp3) is 0.211. The summed E-state index contributed by atoms with van der Waals surface area (Å²) in [6.45, 7) is 1.07. The maximum atomic E-state index is 12.8. The number of hydrogen-bond donors (Lipinski definition) is 0. The first-order chi connectivity index (χ1) is 12.3. The Labute approximate surface area is 151 Å². The third-order valence-electron chi connectivity index (χ3n) is 4.39. The number of amides is 2. The van der Waals surface area contributed by atoms with E-state index in [1.54, 1.807) is 42.5 Å². The van der Waals surface area contributed by atoms with Crippen LogP contribution in [0.3, 0.4) is 0 Å². The van der Waals surface area contributed by atoms with Crippen molar-refractivity contribution in [2.75, 3.05) is 6.54 Å². The van der Waals surface area contributed by atoms with Gasteiger partial charge in [0.15, 0.2) is 9.84 Å². The molecule has 0 bridgehead atoms. The minimum absolute atomic E-state index is 0.0440. The van der Waals surface area contributed by atoms with Gasteiger partial charge in [0.05, 0.1) is 16.0 Å². The Kier molecular flexibility index (Phi) is 4.73. The zero-order valence-corrected chi connectivity index (χ0v) is 14.9. The molecule has 1 unspecified atom stereocenters. The third-order valence-corrected chi connectivity index (χ3v) is 6.64. The van der Waals surface area contributed by atoms with Gasteiger partial charge < -0.3 is 0 Å². The second kappa shape index (κ2) is 6.84. The summed E-state index contributed by atoms with van der Waals surface area (Å²) in [5.41, 5.74) is 0.589. The maximum absolute atomic E-state index is 12.8. The Morgan fingerprint density at radius 1 is 0.923 bits per heavy atom. The van der Waals surface area contributed by atoms with E-state index in [0.29, 0.717) is 11.1 Å². The summed E-state index contributed by atoms with van der Waals surface area (Å²) < 4.78 is 25.5. The lowest BCUT2D eigenvalue weighted by atomic mass is 10.1. The lowest BCUT2D eigenvalue weighted by molar-refractivity contribution is -0.116. The Bertz CT molecular complexity index is 947. The van der Waals surface area contributed by atoms with Gasteiger partial charge in [-0.1, -0.05) is 30.3 Å². The summed E-state index contributed by atoms with van der Waals surface area (Å²) in [5.74, 6) is -1.46. The lowest BCUT2D eigenvalue weighted by Gasteiger charge is -2.19. The first-order valence-electron chi connectivity index (χ1n) is 8.08. The molecule has 0 spiro atoms. The Morgan fingerprint density at radius 3 is 1.92 bits per heavy atom. The maximum Gasteiger partial charge on any atom is 0.261 e. The SMILES string of the molecule is CC(=O)C(CCN1C(=O)c2ccccc2C1=O)S(=O)(=O)c1ccccc1. The van der Waals surface area contributed by atoms with Crippen LogP contribution in [0.15, 0.2) is 59.5 Å². The zero-order chi connectivity index (χ0) is 18.9. The summed E-state index contributed by atoms with van der Waals surface area (Å²) >= 11 is 0. The fourth-order valence-electron chi connectivity index (χ4n) is 3.04. The predicted octanol–water partition coefficient (Wildman–Crippen LogP) is 2.10. The molecule has 6 nitrogen and oxygen atoms in total. The molecule has 0 saturated carbocycles. The van der Waals surface area contributed by atoms with Crippen LogP contribution in [0.2, 0.25) is 0 Å². The van der Waals surface area contributed by atoms with Crippen LogP contribution < -0.4 is 0 Å². The van der Waals surface area contributed by atoms with E-state index in [-0.39, 0.29) is 17.9 Å². The molecule has 26 heavy (non-hydrogen) atoms. The number of carbonyl (C=O) groups excluding carboxylic acids is 3. The molecular formula is C19H17NO5S. The second-order valence-corrected chi connectivity index (χ2v) is 8.18. The molecule has 1 aliphatic heterocycles. The van der Waals surface area contributed by atoms with E-state index < -0.39 is 32.7 Å². The van der Waals surface area contributed by atoms with Gasteiger partial charge in [-0.3, -0.25) is 19.3 Å². The largest absolute Gasteiger partial charge is 0.299 e. The molecule has 2 aromatic carbocycles. The highest BCUT2D eigenvalue weighted by Gasteiger charge is 2.37. The fourth-order valence-corrected chi connectivity index (χ4v) is 4.76. The summed E-state index contributed by atoms with van der Waals surface area (Å²) in [4.78, 5) is 37.8. The van der Waals surface area contributed by atoms with Crippen molar-refractivity contribution in [3.63, 3.8) is 0 Å². The topological polar surface area (TPSA) is 88.6 Å². The standard InChI is InChI=1S/C19H17NO5S/c1-13(21)17(26(24,25)14-7-3-2-4-8-14)11-12-20-18(22)15-9-5-6-10-16(15)19(20)23/h2-10,17H,11-12H2,1H3. The molecule has 0 N–H and O–H groups in total. The molecule has 1 heterocycles. The van der Waals surface area contributed by atoms with Crippen LogP contribution in [-0.2, 0) is 14.6 Å². The molecule has 0 aliphatic carbocycles. The van der Waals surface area contributed by atoms with Gasteiger partial charge >= 0.3 is 0 Å². The van der Waals surface area contributed by atoms with E-state index in [4.69, 9.17) is 0 Å². The number of imide groups is 1. The van der Waals surface area contributed by atoms with Gasteiger partial charge in [-0.2, -0.15) is 0 Å². The van der Waals surface area contributed by atoms with Crippen molar-refractivity contribution in [3.8, 4) is 0 Å². The minimum atomic E-state index is -3.89. The minimum Gasteiger partial charge on any atom is -0.299 e. The monoisotopic (exact) mass is 371 g/mol. The molecule has 0 fully saturated rings. The number of carbonyl (C=O) groups is 3. The van der Waals surface area contributed by atoms with Crippen LogP contribution in [0, 0.1) is 0 Å². The number of Topliss-reactive ketones (excluding diaryl/α,β-unsaturated/α-hetero) is 1. The average molecular weight is 371 g/mol. The van der Waals surface area contributed by atoms with Gasteiger partial charge in [0.2, 0.25) is 0 Å². The summed E-state index contributed by atoms with van der Waals surface area (Å²) in [7, 11) is -3.89. The number of rotatable bonds is 6. The van der Waals surface area contributed by atoms with Crippen molar-refractivity contribution >= 4 is 27.4 Å². The van der Waals surface area contributed by atoms with Crippen LogP contribution in [0.4, 0.5) is 0 Å². The summed E-state index contributed by atoms with van der Waals surface area (Å²) in [6.07, 6.45) is -0.141. The third kappa shape index (κ3) is 3.06. The molecular weight excluding hydrogens is 354 g/mol.